The highest BCUT2D eigenvalue weighted by Gasteiger charge is 2.21. The van der Waals surface area contributed by atoms with Gasteiger partial charge in [-0.3, -0.25) is 4.79 Å². The summed E-state index contributed by atoms with van der Waals surface area (Å²) < 4.78 is 4.79. The maximum Gasteiger partial charge on any atom is 0.314 e. The van der Waals surface area contributed by atoms with Crippen molar-refractivity contribution in [2.45, 2.75) is 5.92 Å². The van der Waals surface area contributed by atoms with Crippen LogP contribution in [-0.2, 0) is 9.53 Å². The number of nitrogens with two attached hydrogens (primary N) is 1. The molecule has 0 fully saturated rings. The minimum atomic E-state index is -0.397. The number of hydrogen-bond acceptors (Lipinski definition) is 3. The summed E-state index contributed by atoms with van der Waals surface area (Å²) in [5, 5.41) is 2.16. The van der Waals surface area contributed by atoms with Crippen molar-refractivity contribution in [2.75, 3.05) is 13.7 Å². The molecular formula is C14H16ClNO2. The predicted octanol–water partition coefficient (Wildman–Crippen LogP) is 2.48. The summed E-state index contributed by atoms with van der Waals surface area (Å²) in [6.07, 6.45) is 0. The number of halogens is 1. The van der Waals surface area contributed by atoms with E-state index in [1.807, 2.05) is 42.5 Å². The van der Waals surface area contributed by atoms with E-state index in [1.54, 1.807) is 0 Å². The van der Waals surface area contributed by atoms with Crippen molar-refractivity contribution in [3.63, 3.8) is 0 Å². The molecule has 0 radical (unpaired) electrons. The van der Waals surface area contributed by atoms with E-state index in [1.165, 1.54) is 7.11 Å². The van der Waals surface area contributed by atoms with Crippen LogP contribution in [0.3, 0.4) is 0 Å². The van der Waals surface area contributed by atoms with E-state index in [-0.39, 0.29) is 24.9 Å². The van der Waals surface area contributed by atoms with Crippen LogP contribution in [0.25, 0.3) is 10.8 Å². The van der Waals surface area contributed by atoms with Gasteiger partial charge in [-0.15, -0.1) is 12.4 Å². The van der Waals surface area contributed by atoms with Gasteiger partial charge in [0.1, 0.15) is 0 Å². The molecule has 2 N–H and O–H groups in total. The number of hydrogen-bond donors (Lipinski definition) is 1. The molecule has 3 nitrogen and oxygen atoms in total. The van der Waals surface area contributed by atoms with E-state index < -0.39 is 5.92 Å². The summed E-state index contributed by atoms with van der Waals surface area (Å²) >= 11 is 0. The molecule has 96 valence electrons. The van der Waals surface area contributed by atoms with Gasteiger partial charge < -0.3 is 10.5 Å². The molecule has 0 aromatic heterocycles. The Morgan fingerprint density at radius 1 is 1.22 bits per heavy atom. The van der Waals surface area contributed by atoms with Gasteiger partial charge in [0.25, 0.3) is 0 Å². The van der Waals surface area contributed by atoms with Crippen molar-refractivity contribution in [3.8, 4) is 0 Å². The van der Waals surface area contributed by atoms with Gasteiger partial charge in [0.15, 0.2) is 0 Å². The number of ether oxygens (including phenoxy) is 1. The molecule has 18 heavy (non-hydrogen) atoms. The summed E-state index contributed by atoms with van der Waals surface area (Å²) in [5.41, 5.74) is 6.60. The lowest BCUT2D eigenvalue weighted by molar-refractivity contribution is -0.142. The second-order valence-corrected chi connectivity index (χ2v) is 3.88. The fourth-order valence-electron chi connectivity index (χ4n) is 2.05. The Hall–Kier alpha value is -1.58. The molecular weight excluding hydrogens is 250 g/mol. The standard InChI is InChI=1S/C14H15NO2.ClH/c1-17-14(16)13(9-15)12-8-4-6-10-5-2-3-7-11(10)12;/h2-8,13H,9,15H2,1H3;1H. The molecule has 0 aliphatic rings. The molecule has 0 spiro atoms. The Kier molecular flexibility index (Phi) is 5.13. The average Bonchev–Trinajstić information content (AvgIpc) is 2.39. The number of carbonyl (C=O) groups excluding carboxylic acids is 1. The maximum atomic E-state index is 11.7. The number of fused-ring (bicyclic) bond motifs is 1. The molecule has 0 heterocycles. The second kappa shape index (κ2) is 6.38. The monoisotopic (exact) mass is 265 g/mol. The number of esters is 1. The summed E-state index contributed by atoms with van der Waals surface area (Å²) in [4.78, 5) is 11.7. The van der Waals surface area contributed by atoms with Gasteiger partial charge in [0.2, 0.25) is 0 Å². The Morgan fingerprint density at radius 2 is 1.89 bits per heavy atom. The average molecular weight is 266 g/mol. The maximum absolute atomic E-state index is 11.7. The molecule has 0 saturated carbocycles. The first-order valence-corrected chi connectivity index (χ1v) is 5.53. The van der Waals surface area contributed by atoms with Gasteiger partial charge in [0.05, 0.1) is 13.0 Å². The van der Waals surface area contributed by atoms with Gasteiger partial charge >= 0.3 is 5.97 Å². The topological polar surface area (TPSA) is 52.3 Å². The number of rotatable bonds is 3. The molecule has 1 unspecified atom stereocenters. The first-order chi connectivity index (χ1) is 8.27. The predicted molar refractivity (Wildman–Crippen MR) is 75.0 cm³/mol. The zero-order valence-electron chi connectivity index (χ0n) is 10.1. The normalized spacial score (nSPS) is 11.7. The third-order valence-corrected chi connectivity index (χ3v) is 2.92. The first kappa shape index (κ1) is 14.5. The van der Waals surface area contributed by atoms with Gasteiger partial charge in [-0.25, -0.2) is 0 Å². The molecule has 0 aliphatic heterocycles. The van der Waals surface area contributed by atoms with Crippen LogP contribution < -0.4 is 5.73 Å². The van der Waals surface area contributed by atoms with E-state index in [0.717, 1.165) is 16.3 Å². The first-order valence-electron chi connectivity index (χ1n) is 5.53. The van der Waals surface area contributed by atoms with E-state index in [2.05, 4.69) is 0 Å². The highest BCUT2D eigenvalue weighted by Crippen LogP contribution is 2.25. The lowest BCUT2D eigenvalue weighted by Crippen LogP contribution is -2.23. The van der Waals surface area contributed by atoms with Crippen LogP contribution >= 0.6 is 12.4 Å². The zero-order chi connectivity index (χ0) is 12.3. The van der Waals surface area contributed by atoms with E-state index in [9.17, 15) is 4.79 Å². The summed E-state index contributed by atoms with van der Waals surface area (Å²) in [5.74, 6) is -0.685. The number of methoxy groups -OCH3 is 1. The smallest absolute Gasteiger partial charge is 0.314 e. The summed E-state index contributed by atoms with van der Waals surface area (Å²) in [6.45, 7) is 0.251. The summed E-state index contributed by atoms with van der Waals surface area (Å²) in [6, 6.07) is 13.8. The van der Waals surface area contributed by atoms with Crippen molar-refractivity contribution in [1.82, 2.24) is 0 Å². The largest absolute Gasteiger partial charge is 0.469 e. The highest BCUT2D eigenvalue weighted by molar-refractivity contribution is 5.91. The Morgan fingerprint density at radius 3 is 2.56 bits per heavy atom. The fourth-order valence-corrected chi connectivity index (χ4v) is 2.05. The molecule has 0 amide bonds. The number of carbonyl (C=O) groups is 1. The number of benzene rings is 2. The van der Waals surface area contributed by atoms with Crippen molar-refractivity contribution in [3.05, 3.63) is 48.0 Å². The Bertz CT molecular complexity index is 537. The fraction of sp³-hybridized carbons (Fsp3) is 0.214. The Balaban J connectivity index is 0.00000162. The van der Waals surface area contributed by atoms with Crippen LogP contribution in [0, 0.1) is 0 Å². The molecule has 0 bridgehead atoms. The van der Waals surface area contributed by atoms with Crippen LogP contribution in [0.15, 0.2) is 42.5 Å². The SMILES string of the molecule is COC(=O)C(CN)c1cccc2ccccc12.Cl. The Labute approximate surface area is 112 Å². The molecule has 2 rings (SSSR count). The molecule has 4 heteroatoms. The third-order valence-electron chi connectivity index (χ3n) is 2.92. The summed E-state index contributed by atoms with van der Waals surface area (Å²) in [7, 11) is 1.39. The van der Waals surface area contributed by atoms with Crippen LogP contribution in [0.5, 0.6) is 0 Å². The van der Waals surface area contributed by atoms with Gasteiger partial charge in [0, 0.05) is 6.54 Å². The van der Waals surface area contributed by atoms with Gasteiger partial charge in [-0.2, -0.15) is 0 Å². The lowest BCUT2D eigenvalue weighted by Gasteiger charge is -2.15. The van der Waals surface area contributed by atoms with Crippen molar-refractivity contribution in [2.24, 2.45) is 5.73 Å². The molecule has 0 aliphatic carbocycles. The molecule has 2 aromatic rings. The molecule has 1 atom stereocenters. The van der Waals surface area contributed by atoms with Crippen molar-refractivity contribution < 1.29 is 9.53 Å². The second-order valence-electron chi connectivity index (χ2n) is 3.88. The van der Waals surface area contributed by atoms with E-state index in [0.29, 0.717) is 0 Å². The third kappa shape index (κ3) is 2.63. The van der Waals surface area contributed by atoms with Crippen LogP contribution in [0.4, 0.5) is 0 Å². The molecule has 2 aromatic carbocycles. The van der Waals surface area contributed by atoms with Crippen LogP contribution in [0.2, 0.25) is 0 Å². The minimum absolute atomic E-state index is 0. The van der Waals surface area contributed by atoms with Crippen molar-refractivity contribution in [1.29, 1.82) is 0 Å². The van der Waals surface area contributed by atoms with Crippen molar-refractivity contribution >= 4 is 29.1 Å². The van der Waals surface area contributed by atoms with Gasteiger partial charge in [-0.1, -0.05) is 42.5 Å². The minimum Gasteiger partial charge on any atom is -0.469 e. The van der Waals surface area contributed by atoms with E-state index in [4.69, 9.17) is 10.5 Å². The molecule has 0 saturated heterocycles. The highest BCUT2D eigenvalue weighted by atomic mass is 35.5. The van der Waals surface area contributed by atoms with Crippen LogP contribution in [-0.4, -0.2) is 19.6 Å². The quantitative estimate of drug-likeness (QED) is 0.868. The zero-order valence-corrected chi connectivity index (χ0v) is 10.9. The van der Waals surface area contributed by atoms with E-state index >= 15 is 0 Å². The van der Waals surface area contributed by atoms with Crippen LogP contribution in [0.1, 0.15) is 11.5 Å². The van der Waals surface area contributed by atoms with Gasteiger partial charge in [-0.05, 0) is 16.3 Å². The lowest BCUT2D eigenvalue weighted by atomic mass is 9.93.